The summed E-state index contributed by atoms with van der Waals surface area (Å²) in [5, 5.41) is 10.5. The minimum atomic E-state index is -5.12. The Morgan fingerprint density at radius 2 is 1.38 bits per heavy atom. The molecule has 0 fully saturated rings. The molecule has 0 aliphatic heterocycles. The van der Waals surface area contributed by atoms with Crippen LogP contribution in [0.4, 0.5) is 0 Å². The van der Waals surface area contributed by atoms with Crippen LogP contribution in [-0.2, 0) is 4.57 Å². The average molecular weight is 383 g/mol. The summed E-state index contributed by atoms with van der Waals surface area (Å²) in [5.41, 5.74) is 0.383. The predicted molar refractivity (Wildman–Crippen MR) is 80.3 cm³/mol. The average Bonchev–Trinajstić information content (AvgIpc) is 2.23. The van der Waals surface area contributed by atoms with Crippen LogP contribution in [0.5, 0.6) is 11.5 Å². The molecule has 0 aromatic heterocycles. The van der Waals surface area contributed by atoms with Gasteiger partial charge in [0.1, 0.15) is 19.3 Å². The zero-order valence-electron chi connectivity index (χ0n) is 12.9. The minimum Gasteiger partial charge on any atom is -0.780 e. The number of benzene rings is 2. The van der Waals surface area contributed by atoms with Gasteiger partial charge in [-0.2, -0.15) is 0 Å². The Morgan fingerprint density at radius 1 is 0.958 bits per heavy atom. The van der Waals surface area contributed by atoms with Crippen LogP contribution in [0.2, 0.25) is 0 Å². The molecular formula is C11H21NaO11P-. The molecule has 2 aromatic rings. The van der Waals surface area contributed by atoms with Crippen molar-refractivity contribution in [2.75, 3.05) is 0 Å². The Bertz CT molecular complexity index is 631. The predicted octanol–water partition coefficient (Wildman–Crippen LogP) is -6.88. The van der Waals surface area contributed by atoms with E-state index in [0.717, 1.165) is 0 Å². The number of phenols is 1. The third-order valence-corrected chi connectivity index (χ3v) is 2.77. The summed E-state index contributed by atoms with van der Waals surface area (Å²) < 4.78 is 15.1. The van der Waals surface area contributed by atoms with Gasteiger partial charge in [0.15, 0.2) is 0 Å². The Balaban J connectivity index is -0.000000116. The molecular weight excluding hydrogens is 362 g/mol. The van der Waals surface area contributed by atoms with Crippen molar-refractivity contribution in [1.82, 2.24) is 0 Å². The molecule has 0 aliphatic carbocycles. The molecule has 2 aromatic carbocycles. The first-order chi connectivity index (χ1) is 7.88. The molecule has 0 saturated heterocycles. The normalized spacial score (nSPS) is 8.29. The van der Waals surface area contributed by atoms with E-state index in [9.17, 15) is 19.5 Å². The molecule has 138 valence electrons. The molecule has 24 heavy (non-hydrogen) atoms. The number of phosphoric acid groups is 1. The Hall–Kier alpha value is -0.790. The molecule has 0 unspecified atom stereocenters. The van der Waals surface area contributed by atoms with Gasteiger partial charge in [0.05, 0.1) is 0 Å². The smallest absolute Gasteiger partial charge is 0.780 e. The summed E-state index contributed by atoms with van der Waals surface area (Å²) in [6, 6.07) is 7.89. The van der Waals surface area contributed by atoms with Crippen molar-refractivity contribution in [3.05, 3.63) is 35.9 Å². The Morgan fingerprint density at radius 3 is 1.79 bits per heavy atom. The number of aryl methyl sites for hydroxylation is 1. The zero-order chi connectivity index (χ0) is 12.6. The number of phosphoric ester groups is 1. The van der Waals surface area contributed by atoms with E-state index in [1.807, 2.05) is 0 Å². The number of rotatable bonds is 2. The van der Waals surface area contributed by atoms with Gasteiger partial charge in [-0.05, 0) is 18.6 Å². The molecule has 0 atom stereocenters. The maximum Gasteiger partial charge on any atom is 1.00 e. The summed E-state index contributed by atoms with van der Waals surface area (Å²) in [7, 11) is -5.12. The van der Waals surface area contributed by atoms with E-state index in [0.29, 0.717) is 16.3 Å². The van der Waals surface area contributed by atoms with Crippen LogP contribution < -0.4 is 43.9 Å². The molecule has 13 heteroatoms. The summed E-state index contributed by atoms with van der Waals surface area (Å²) in [6.45, 7) is 1.55. The van der Waals surface area contributed by atoms with Crippen molar-refractivity contribution < 1.29 is 86.4 Å². The number of aromatic hydroxyl groups is 1. The molecule has 0 saturated carbocycles. The fraction of sp³-hybridized carbons (Fsp3) is 0.0909. The van der Waals surface area contributed by atoms with Crippen molar-refractivity contribution in [2.24, 2.45) is 0 Å². The van der Waals surface area contributed by atoms with Gasteiger partial charge in [-0.3, -0.25) is 0 Å². The van der Waals surface area contributed by atoms with E-state index in [-0.39, 0.29) is 73.9 Å². The van der Waals surface area contributed by atoms with Gasteiger partial charge in [0.25, 0.3) is 0 Å². The first-order valence-corrected chi connectivity index (χ1v) is 6.27. The van der Waals surface area contributed by atoms with E-state index in [1.165, 1.54) is 6.07 Å². The van der Waals surface area contributed by atoms with Crippen molar-refractivity contribution in [1.29, 1.82) is 0 Å². The molecule has 0 heterocycles. The quantitative estimate of drug-likeness (QED) is 0.389. The Kier molecular flexibility index (Phi) is 23.4. The van der Waals surface area contributed by atoms with Crippen LogP contribution in [-0.4, -0.2) is 38.0 Å². The molecule has 0 aliphatic rings. The third-order valence-electron chi connectivity index (χ3n) is 2.36. The van der Waals surface area contributed by atoms with Crippen molar-refractivity contribution >= 4 is 18.6 Å². The summed E-state index contributed by atoms with van der Waals surface area (Å²) in [6.07, 6.45) is 0. The SMILES string of the molecule is Cc1cc(O)c2ccccc2c1OP(=O)([O-])[O-].O.O.O.O.O.O.[Na+]. The van der Waals surface area contributed by atoms with Gasteiger partial charge in [0, 0.05) is 10.8 Å². The molecule has 0 bridgehead atoms. The van der Waals surface area contributed by atoms with Gasteiger partial charge in [0.2, 0.25) is 0 Å². The van der Waals surface area contributed by atoms with Crippen molar-refractivity contribution in [3.8, 4) is 11.5 Å². The van der Waals surface area contributed by atoms with Crippen molar-refractivity contribution in [2.45, 2.75) is 6.92 Å². The molecule has 0 amide bonds. The molecule has 2 rings (SSSR count). The van der Waals surface area contributed by atoms with Crippen molar-refractivity contribution in [3.63, 3.8) is 0 Å². The van der Waals surface area contributed by atoms with E-state index in [4.69, 9.17) is 0 Å². The van der Waals surface area contributed by atoms with Gasteiger partial charge in [-0.15, -0.1) is 0 Å². The monoisotopic (exact) mass is 383 g/mol. The standard InChI is InChI=1S/C11H11O5P.Na.6H2O/c1-7-6-10(12)8-4-2-3-5-9(8)11(7)16-17(13,14)15;;;;;;;/h2-6,12H,1H3,(H2,13,14,15);;6*1H2/q;+1;;;;;;/p-2. The molecule has 0 radical (unpaired) electrons. The second-order valence-corrected chi connectivity index (χ2v) is 4.70. The van der Waals surface area contributed by atoms with Gasteiger partial charge < -0.3 is 56.8 Å². The largest absolute Gasteiger partial charge is 1.00 e. The fourth-order valence-corrected chi connectivity index (χ4v) is 2.16. The summed E-state index contributed by atoms with van der Waals surface area (Å²) in [4.78, 5) is 21.3. The van der Waals surface area contributed by atoms with Crippen LogP contribution in [0.15, 0.2) is 30.3 Å². The van der Waals surface area contributed by atoms with Crippen LogP contribution in [0, 0.1) is 6.92 Å². The second-order valence-electron chi connectivity index (χ2n) is 3.63. The van der Waals surface area contributed by atoms with Gasteiger partial charge >= 0.3 is 29.6 Å². The van der Waals surface area contributed by atoms with Crippen LogP contribution in [0.25, 0.3) is 10.8 Å². The number of hydrogen-bond acceptors (Lipinski definition) is 5. The summed E-state index contributed by atoms with van der Waals surface area (Å²) in [5.74, 6) is -0.0242. The number of fused-ring (bicyclic) bond motifs is 1. The van der Waals surface area contributed by atoms with Gasteiger partial charge in [-0.25, -0.2) is 0 Å². The second kappa shape index (κ2) is 14.5. The maximum absolute atomic E-state index is 10.7. The third kappa shape index (κ3) is 8.89. The van der Waals surface area contributed by atoms with Crippen LogP contribution in [0.1, 0.15) is 5.56 Å². The van der Waals surface area contributed by atoms with Gasteiger partial charge in [-0.1, -0.05) is 24.3 Å². The van der Waals surface area contributed by atoms with E-state index < -0.39 is 7.82 Å². The molecule has 0 spiro atoms. The number of hydrogen-bond donors (Lipinski definition) is 1. The number of phenolic OH excluding ortho intramolecular Hbond substituents is 1. The molecule has 13 N–H and O–H groups in total. The summed E-state index contributed by atoms with van der Waals surface area (Å²) >= 11 is 0. The fourth-order valence-electron chi connectivity index (χ4n) is 1.70. The molecule has 11 nitrogen and oxygen atoms in total. The first-order valence-electron chi connectivity index (χ1n) is 4.81. The zero-order valence-corrected chi connectivity index (χ0v) is 15.8. The first kappa shape index (κ1) is 38.7. The van der Waals surface area contributed by atoms with E-state index >= 15 is 0 Å². The van der Waals surface area contributed by atoms with Crippen LogP contribution >= 0.6 is 7.82 Å². The Labute approximate surface area is 159 Å². The maximum atomic E-state index is 10.7. The van der Waals surface area contributed by atoms with E-state index in [1.54, 1.807) is 31.2 Å². The van der Waals surface area contributed by atoms with E-state index in [2.05, 4.69) is 4.52 Å². The minimum absolute atomic E-state index is 0. The topological polar surface area (TPSA) is 282 Å². The van der Waals surface area contributed by atoms with Crippen LogP contribution in [0.3, 0.4) is 0 Å².